The highest BCUT2D eigenvalue weighted by Gasteiger charge is 2.29. The second-order valence-electron chi connectivity index (χ2n) is 7.03. The molecule has 0 spiro atoms. The van der Waals surface area contributed by atoms with E-state index in [1.54, 1.807) is 0 Å². The number of nitrogens with zero attached hydrogens (tertiary/aromatic N) is 1. The van der Waals surface area contributed by atoms with Gasteiger partial charge in [-0.1, -0.05) is 72.8 Å². The smallest absolute Gasteiger partial charge is 0.252 e. The lowest BCUT2D eigenvalue weighted by molar-refractivity contribution is -0.135. The molecule has 0 saturated heterocycles. The fraction of sp³-hybridized carbons (Fsp3) is 0.167. The first-order valence-corrected chi connectivity index (χ1v) is 10.5. The molecule has 5 nitrogen and oxygen atoms in total. The maximum absolute atomic E-state index is 12.6. The molecule has 0 radical (unpaired) electrons. The molecule has 30 heavy (non-hydrogen) atoms. The Labute approximate surface area is 178 Å². The summed E-state index contributed by atoms with van der Waals surface area (Å²) >= 11 is 1.27. The zero-order chi connectivity index (χ0) is 20.9. The van der Waals surface area contributed by atoms with Gasteiger partial charge in [0.25, 0.3) is 5.91 Å². The molecular weight excluding hydrogens is 396 g/mol. The van der Waals surface area contributed by atoms with Gasteiger partial charge < -0.3 is 15.5 Å². The van der Waals surface area contributed by atoms with Crippen molar-refractivity contribution in [2.24, 2.45) is 0 Å². The van der Waals surface area contributed by atoms with Crippen LogP contribution < -0.4 is 5.32 Å². The number of hydrogen-bond acceptors (Lipinski definition) is 5. The summed E-state index contributed by atoms with van der Waals surface area (Å²) in [6, 6.07) is 27.2. The maximum Gasteiger partial charge on any atom is 0.252 e. The molecule has 1 heterocycles. The van der Waals surface area contributed by atoms with Crippen LogP contribution in [0.1, 0.15) is 28.2 Å². The summed E-state index contributed by atoms with van der Waals surface area (Å²) in [4.78, 5) is 16.9. The Balaban J connectivity index is 1.47. The summed E-state index contributed by atoms with van der Waals surface area (Å²) in [7, 11) is 0. The first kappa shape index (κ1) is 20.2. The molecule has 0 aliphatic heterocycles. The lowest BCUT2D eigenvalue weighted by Crippen LogP contribution is -2.40. The minimum atomic E-state index is -1.60. The van der Waals surface area contributed by atoms with Crippen molar-refractivity contribution >= 4 is 27.5 Å². The molecular formula is C24H22N2O3S. The van der Waals surface area contributed by atoms with Crippen LogP contribution >= 0.6 is 11.3 Å². The van der Waals surface area contributed by atoms with E-state index in [0.717, 1.165) is 21.3 Å². The number of benzene rings is 3. The van der Waals surface area contributed by atoms with Gasteiger partial charge >= 0.3 is 0 Å². The Morgan fingerprint density at radius 2 is 1.43 bits per heavy atom. The summed E-state index contributed by atoms with van der Waals surface area (Å²) in [5.74, 6) is -0.693. The Morgan fingerprint density at radius 1 is 0.867 bits per heavy atom. The third-order valence-corrected chi connectivity index (χ3v) is 6.12. The van der Waals surface area contributed by atoms with Crippen LogP contribution in [0.15, 0.2) is 84.9 Å². The second-order valence-corrected chi connectivity index (χ2v) is 8.09. The molecule has 0 saturated carbocycles. The molecule has 0 bridgehead atoms. The number of hydrogen-bond donors (Lipinski definition) is 3. The number of carbonyl (C=O) groups excluding carboxylic acids is 1. The predicted molar refractivity (Wildman–Crippen MR) is 118 cm³/mol. The van der Waals surface area contributed by atoms with Crippen LogP contribution in [0.3, 0.4) is 0 Å². The van der Waals surface area contributed by atoms with Crippen molar-refractivity contribution in [1.29, 1.82) is 0 Å². The van der Waals surface area contributed by atoms with Crippen LogP contribution in [0, 0.1) is 0 Å². The molecule has 0 aliphatic carbocycles. The van der Waals surface area contributed by atoms with E-state index < -0.39 is 18.1 Å². The van der Waals surface area contributed by atoms with Crippen molar-refractivity contribution in [3.63, 3.8) is 0 Å². The molecule has 0 aliphatic rings. The molecule has 1 amide bonds. The van der Waals surface area contributed by atoms with Crippen LogP contribution in [0.2, 0.25) is 0 Å². The number of rotatable bonds is 7. The van der Waals surface area contributed by atoms with Crippen LogP contribution in [0.5, 0.6) is 0 Å². The maximum atomic E-state index is 12.6. The molecule has 0 fully saturated rings. The SMILES string of the molecule is O=C(NCC(c1ccccc1)c1ccccc1)C(O)C(O)c1nc2ccccc2s1. The summed E-state index contributed by atoms with van der Waals surface area (Å²) in [6.45, 7) is 0.302. The standard InChI is InChI=1S/C24H22N2O3S/c27-21(22(28)24-26-19-13-7-8-14-20(19)30-24)23(29)25-15-18(16-9-3-1-4-10-16)17-11-5-2-6-12-17/h1-14,18,21-22,27-28H,15H2,(H,25,29). The minimum Gasteiger partial charge on any atom is -0.383 e. The molecule has 2 atom stereocenters. The molecule has 4 aromatic rings. The van der Waals surface area contributed by atoms with Gasteiger partial charge in [0.1, 0.15) is 11.1 Å². The number of thiazole rings is 1. The van der Waals surface area contributed by atoms with Gasteiger partial charge in [0, 0.05) is 12.5 Å². The van der Waals surface area contributed by atoms with Crippen LogP contribution in [0.25, 0.3) is 10.2 Å². The second kappa shape index (κ2) is 9.17. The van der Waals surface area contributed by atoms with Crippen molar-refractivity contribution in [2.75, 3.05) is 6.54 Å². The Hall–Kier alpha value is -3.06. The van der Waals surface area contributed by atoms with E-state index in [4.69, 9.17) is 0 Å². The topological polar surface area (TPSA) is 82.5 Å². The quantitative estimate of drug-likeness (QED) is 0.428. The summed E-state index contributed by atoms with van der Waals surface area (Å²) in [5.41, 5.74) is 2.85. The molecule has 6 heteroatoms. The molecule has 3 N–H and O–H groups in total. The van der Waals surface area contributed by atoms with Crippen LogP contribution in [0.4, 0.5) is 0 Å². The number of fused-ring (bicyclic) bond motifs is 1. The summed E-state index contributed by atoms with van der Waals surface area (Å²) in [6.07, 6.45) is -2.98. The molecule has 4 rings (SSSR count). The van der Waals surface area contributed by atoms with Gasteiger partial charge in [-0.25, -0.2) is 4.98 Å². The van der Waals surface area contributed by atoms with Crippen molar-refractivity contribution in [3.05, 3.63) is 101 Å². The van der Waals surface area contributed by atoms with Crippen LogP contribution in [-0.2, 0) is 4.79 Å². The van der Waals surface area contributed by atoms with Crippen molar-refractivity contribution in [2.45, 2.75) is 18.1 Å². The van der Waals surface area contributed by atoms with E-state index >= 15 is 0 Å². The van der Waals surface area contributed by atoms with Crippen molar-refractivity contribution in [3.8, 4) is 0 Å². The minimum absolute atomic E-state index is 0.0665. The van der Waals surface area contributed by atoms with Crippen LogP contribution in [-0.4, -0.2) is 33.8 Å². The van der Waals surface area contributed by atoms with Crippen molar-refractivity contribution < 1.29 is 15.0 Å². The van der Waals surface area contributed by atoms with E-state index in [1.807, 2.05) is 84.9 Å². The lowest BCUT2D eigenvalue weighted by atomic mass is 9.91. The zero-order valence-corrected chi connectivity index (χ0v) is 17.0. The third kappa shape index (κ3) is 4.41. The average Bonchev–Trinajstić information content (AvgIpc) is 3.24. The van der Waals surface area contributed by atoms with Gasteiger partial charge in [0.2, 0.25) is 0 Å². The molecule has 1 aromatic heterocycles. The normalized spacial score (nSPS) is 13.3. The number of aliphatic hydroxyl groups excluding tert-OH is 2. The first-order valence-electron chi connectivity index (χ1n) is 9.72. The summed E-state index contributed by atoms with van der Waals surface area (Å²) < 4.78 is 0.896. The Kier molecular flexibility index (Phi) is 6.18. The fourth-order valence-corrected chi connectivity index (χ4v) is 4.38. The highest BCUT2D eigenvalue weighted by atomic mass is 32.1. The zero-order valence-electron chi connectivity index (χ0n) is 16.2. The van der Waals surface area contributed by atoms with Gasteiger partial charge in [-0.05, 0) is 23.3 Å². The monoisotopic (exact) mass is 418 g/mol. The third-order valence-electron chi connectivity index (χ3n) is 5.02. The Bertz CT molecular complexity index is 1040. The van der Waals surface area contributed by atoms with E-state index in [-0.39, 0.29) is 5.92 Å². The van der Waals surface area contributed by atoms with E-state index in [0.29, 0.717) is 11.6 Å². The predicted octanol–water partition coefficient (Wildman–Crippen LogP) is 3.64. The van der Waals surface area contributed by atoms with Gasteiger partial charge in [0.15, 0.2) is 6.10 Å². The summed E-state index contributed by atoms with van der Waals surface area (Å²) in [5, 5.41) is 24.0. The number of aromatic nitrogens is 1. The lowest BCUT2D eigenvalue weighted by Gasteiger charge is -2.21. The van der Waals surface area contributed by atoms with E-state index in [2.05, 4.69) is 10.3 Å². The number of para-hydroxylation sites is 1. The van der Waals surface area contributed by atoms with Gasteiger partial charge in [-0.2, -0.15) is 0 Å². The number of aliphatic hydroxyl groups is 2. The highest BCUT2D eigenvalue weighted by Crippen LogP contribution is 2.28. The van der Waals surface area contributed by atoms with Gasteiger partial charge in [-0.3, -0.25) is 4.79 Å². The van der Waals surface area contributed by atoms with Gasteiger partial charge in [-0.15, -0.1) is 11.3 Å². The van der Waals surface area contributed by atoms with E-state index in [1.165, 1.54) is 11.3 Å². The largest absolute Gasteiger partial charge is 0.383 e. The van der Waals surface area contributed by atoms with Crippen molar-refractivity contribution in [1.82, 2.24) is 10.3 Å². The van der Waals surface area contributed by atoms with E-state index in [9.17, 15) is 15.0 Å². The Morgan fingerprint density at radius 3 is 2.03 bits per heavy atom. The molecule has 152 valence electrons. The number of carbonyl (C=O) groups is 1. The number of amides is 1. The first-order chi connectivity index (χ1) is 14.6. The number of nitrogens with one attached hydrogen (secondary N) is 1. The molecule has 3 aromatic carbocycles. The van der Waals surface area contributed by atoms with Gasteiger partial charge in [0.05, 0.1) is 10.2 Å². The fourth-order valence-electron chi connectivity index (χ4n) is 3.40. The molecule has 2 unspecified atom stereocenters. The average molecular weight is 419 g/mol. The highest BCUT2D eigenvalue weighted by molar-refractivity contribution is 7.18.